The zero-order valence-corrected chi connectivity index (χ0v) is 15.4. The summed E-state index contributed by atoms with van der Waals surface area (Å²) in [5.74, 6) is 2.67. The molecule has 1 N–H and O–H groups in total. The lowest BCUT2D eigenvalue weighted by Gasteiger charge is -2.02. The second kappa shape index (κ2) is 7.14. The summed E-state index contributed by atoms with van der Waals surface area (Å²) in [6, 6.07) is 7.55. The van der Waals surface area contributed by atoms with E-state index in [1.165, 1.54) is 11.8 Å². The van der Waals surface area contributed by atoms with Crippen LogP contribution in [0.3, 0.4) is 0 Å². The van der Waals surface area contributed by atoms with Gasteiger partial charge >= 0.3 is 0 Å². The molecule has 0 aliphatic heterocycles. The van der Waals surface area contributed by atoms with Gasteiger partial charge in [-0.3, -0.25) is 4.79 Å². The van der Waals surface area contributed by atoms with E-state index in [9.17, 15) is 4.79 Å². The number of aromatic nitrogens is 3. The quantitative estimate of drug-likeness (QED) is 0.554. The van der Waals surface area contributed by atoms with Crippen molar-refractivity contribution < 1.29 is 9.15 Å². The smallest absolute Gasteiger partial charge is 0.254 e. The lowest BCUT2D eigenvalue weighted by Crippen LogP contribution is -2.14. The molecule has 0 atom stereocenters. The summed E-state index contributed by atoms with van der Waals surface area (Å²) in [6.45, 7) is 5.47. The van der Waals surface area contributed by atoms with Crippen LogP contribution in [0.25, 0.3) is 11.5 Å². The van der Waals surface area contributed by atoms with Crippen LogP contribution in [-0.2, 0) is 5.75 Å². The Labute approximate surface area is 149 Å². The minimum Gasteiger partial charge on any atom is -0.497 e. The van der Waals surface area contributed by atoms with E-state index in [2.05, 4.69) is 15.0 Å². The topological polar surface area (TPSA) is 81.0 Å². The maximum absolute atomic E-state index is 11.8. The van der Waals surface area contributed by atoms with Gasteiger partial charge in [-0.2, -0.15) is 0 Å². The first-order chi connectivity index (χ1) is 12.0. The zero-order valence-electron chi connectivity index (χ0n) is 14.5. The molecule has 25 heavy (non-hydrogen) atoms. The molecule has 0 unspecified atom stereocenters. The van der Waals surface area contributed by atoms with Crippen LogP contribution in [0.15, 0.2) is 38.6 Å². The highest BCUT2D eigenvalue weighted by atomic mass is 32.2. The normalized spacial score (nSPS) is 10.9. The average molecular weight is 357 g/mol. The fourth-order valence-electron chi connectivity index (χ4n) is 2.24. The molecule has 3 rings (SSSR count). The van der Waals surface area contributed by atoms with E-state index in [0.29, 0.717) is 22.4 Å². The summed E-state index contributed by atoms with van der Waals surface area (Å²) in [5.41, 5.74) is 2.99. The highest BCUT2D eigenvalue weighted by molar-refractivity contribution is 7.98. The van der Waals surface area contributed by atoms with E-state index in [1.807, 2.05) is 38.1 Å². The van der Waals surface area contributed by atoms with Crippen LogP contribution in [0.5, 0.6) is 5.75 Å². The van der Waals surface area contributed by atoms with Gasteiger partial charge in [0.2, 0.25) is 5.89 Å². The van der Waals surface area contributed by atoms with Crippen molar-refractivity contribution in [1.29, 1.82) is 0 Å². The van der Waals surface area contributed by atoms with Crippen molar-refractivity contribution >= 4 is 11.8 Å². The number of hydrogen-bond acceptors (Lipinski definition) is 6. The number of H-pyrrole nitrogens is 1. The molecule has 6 nitrogen and oxygen atoms in total. The number of benzene rings is 1. The number of rotatable bonds is 5. The first-order valence-corrected chi connectivity index (χ1v) is 8.77. The molecule has 7 heteroatoms. The molecule has 0 amide bonds. The molecule has 0 saturated carbocycles. The van der Waals surface area contributed by atoms with Gasteiger partial charge in [-0.25, -0.2) is 9.97 Å². The second-order valence-electron chi connectivity index (χ2n) is 5.62. The van der Waals surface area contributed by atoms with Gasteiger partial charge < -0.3 is 14.1 Å². The Bertz CT molecular complexity index is 945. The molecule has 0 bridgehead atoms. The van der Waals surface area contributed by atoms with E-state index >= 15 is 0 Å². The molecule has 0 radical (unpaired) electrons. The van der Waals surface area contributed by atoms with Crippen LogP contribution >= 0.6 is 11.8 Å². The van der Waals surface area contributed by atoms with Gasteiger partial charge in [0.05, 0.1) is 12.8 Å². The third-order valence-electron chi connectivity index (χ3n) is 3.95. The van der Waals surface area contributed by atoms with Gasteiger partial charge in [-0.15, -0.1) is 0 Å². The van der Waals surface area contributed by atoms with Crippen LogP contribution in [0, 0.1) is 20.8 Å². The molecule has 0 aliphatic carbocycles. The lowest BCUT2D eigenvalue weighted by molar-refractivity contribution is 0.415. The molecule has 130 valence electrons. The van der Waals surface area contributed by atoms with E-state index in [-0.39, 0.29) is 5.56 Å². The standard InChI is InChI=1S/C18H19N3O3S/c1-10-11(2)19-18(21-16(10)22)25-9-15-12(3)24-17(20-15)13-5-7-14(23-4)8-6-13/h5-8H,9H2,1-4H3,(H,19,21,22). The zero-order chi connectivity index (χ0) is 18.0. The number of thioether (sulfide) groups is 1. The van der Waals surface area contributed by atoms with Crippen molar-refractivity contribution in [3.05, 3.63) is 57.3 Å². The Morgan fingerprint density at radius 2 is 1.88 bits per heavy atom. The molecule has 2 aromatic heterocycles. The number of ether oxygens (including phenoxy) is 1. The van der Waals surface area contributed by atoms with Crippen molar-refractivity contribution in [1.82, 2.24) is 15.0 Å². The van der Waals surface area contributed by atoms with Gasteiger partial charge in [0.25, 0.3) is 5.56 Å². The van der Waals surface area contributed by atoms with Crippen LogP contribution in [0.4, 0.5) is 0 Å². The fourth-order valence-corrected chi connectivity index (χ4v) is 3.15. The van der Waals surface area contributed by atoms with Crippen LogP contribution in [0.2, 0.25) is 0 Å². The first-order valence-electron chi connectivity index (χ1n) is 7.79. The van der Waals surface area contributed by atoms with Gasteiger partial charge in [-0.05, 0) is 45.0 Å². The number of aryl methyl sites for hydroxylation is 2. The van der Waals surface area contributed by atoms with E-state index < -0.39 is 0 Å². The highest BCUT2D eigenvalue weighted by Gasteiger charge is 2.13. The van der Waals surface area contributed by atoms with E-state index in [1.54, 1.807) is 14.0 Å². The van der Waals surface area contributed by atoms with Gasteiger partial charge in [-0.1, -0.05) is 11.8 Å². The Balaban J connectivity index is 1.77. The van der Waals surface area contributed by atoms with E-state index in [0.717, 1.165) is 28.5 Å². The summed E-state index contributed by atoms with van der Waals surface area (Å²) in [6.07, 6.45) is 0. The molecule has 0 spiro atoms. The molecule has 0 saturated heterocycles. The lowest BCUT2D eigenvalue weighted by atomic mass is 10.2. The second-order valence-corrected chi connectivity index (χ2v) is 6.58. The van der Waals surface area contributed by atoms with Crippen LogP contribution < -0.4 is 10.3 Å². The summed E-state index contributed by atoms with van der Waals surface area (Å²) in [5, 5.41) is 0.585. The fraction of sp³-hybridized carbons (Fsp3) is 0.278. The third-order valence-corrected chi connectivity index (χ3v) is 4.83. The van der Waals surface area contributed by atoms with Gasteiger partial charge in [0, 0.05) is 22.6 Å². The van der Waals surface area contributed by atoms with Gasteiger partial charge in [0.15, 0.2) is 5.16 Å². The molecular formula is C18H19N3O3S. The van der Waals surface area contributed by atoms with Crippen LogP contribution in [-0.4, -0.2) is 22.1 Å². The minimum atomic E-state index is -0.106. The van der Waals surface area contributed by atoms with Crippen molar-refractivity contribution in [2.45, 2.75) is 31.7 Å². The third kappa shape index (κ3) is 3.76. The Morgan fingerprint density at radius 3 is 2.52 bits per heavy atom. The Kier molecular flexibility index (Phi) is 4.94. The number of hydrogen-bond donors (Lipinski definition) is 1. The molecule has 1 aromatic carbocycles. The number of nitrogens with zero attached hydrogens (tertiary/aromatic N) is 2. The Hall–Kier alpha value is -2.54. The predicted octanol–water partition coefficient (Wildman–Crippen LogP) is 3.65. The summed E-state index contributed by atoms with van der Waals surface area (Å²) in [7, 11) is 1.63. The van der Waals surface area contributed by atoms with Crippen LogP contribution in [0.1, 0.15) is 22.7 Å². The minimum absolute atomic E-state index is 0.106. The number of methoxy groups -OCH3 is 1. The molecular weight excluding hydrogens is 338 g/mol. The first kappa shape index (κ1) is 17.3. The number of oxazole rings is 1. The SMILES string of the molecule is COc1ccc(-c2nc(CSc3nc(C)c(C)c(=O)[nH]3)c(C)o2)cc1. The molecule has 0 aliphatic rings. The number of nitrogens with one attached hydrogen (secondary N) is 1. The van der Waals surface area contributed by atoms with Crippen molar-refractivity contribution in [2.75, 3.05) is 7.11 Å². The summed E-state index contributed by atoms with van der Waals surface area (Å²) < 4.78 is 10.9. The maximum Gasteiger partial charge on any atom is 0.254 e. The monoisotopic (exact) mass is 357 g/mol. The van der Waals surface area contributed by atoms with Crippen molar-refractivity contribution in [3.8, 4) is 17.2 Å². The Morgan fingerprint density at radius 1 is 1.16 bits per heavy atom. The number of aromatic amines is 1. The molecule has 2 heterocycles. The van der Waals surface area contributed by atoms with Gasteiger partial charge in [0.1, 0.15) is 11.5 Å². The van der Waals surface area contributed by atoms with Crippen molar-refractivity contribution in [2.24, 2.45) is 0 Å². The van der Waals surface area contributed by atoms with Crippen molar-refractivity contribution in [3.63, 3.8) is 0 Å². The average Bonchev–Trinajstić information content (AvgIpc) is 2.98. The predicted molar refractivity (Wildman–Crippen MR) is 97.1 cm³/mol. The molecule has 0 fully saturated rings. The largest absolute Gasteiger partial charge is 0.497 e. The maximum atomic E-state index is 11.8. The molecule has 3 aromatic rings. The highest BCUT2D eigenvalue weighted by Crippen LogP contribution is 2.27. The van der Waals surface area contributed by atoms with E-state index in [4.69, 9.17) is 9.15 Å². The summed E-state index contributed by atoms with van der Waals surface area (Å²) in [4.78, 5) is 23.6. The summed E-state index contributed by atoms with van der Waals surface area (Å²) >= 11 is 1.43.